The Morgan fingerprint density at radius 3 is 2.75 bits per heavy atom. The molecule has 0 aliphatic carbocycles. The lowest BCUT2D eigenvalue weighted by Gasteiger charge is -2.30. The van der Waals surface area contributed by atoms with Crippen molar-refractivity contribution < 1.29 is 14.7 Å². The summed E-state index contributed by atoms with van der Waals surface area (Å²) in [4.78, 5) is 15.1. The maximum atomic E-state index is 11.9. The number of hydrogen-bond donors (Lipinski definition) is 2. The van der Waals surface area contributed by atoms with Crippen molar-refractivity contribution in [2.45, 2.75) is 6.42 Å². The fourth-order valence-corrected chi connectivity index (χ4v) is 1.42. The number of ether oxygens (including phenoxy) is 1. The Kier molecular flexibility index (Phi) is 4.84. The molecule has 92 valence electrons. The fourth-order valence-electron chi connectivity index (χ4n) is 1.42. The highest BCUT2D eigenvalue weighted by Gasteiger charge is 2.19. The third kappa shape index (κ3) is 3.58. The Hall–Kier alpha value is -1.50. The van der Waals surface area contributed by atoms with Gasteiger partial charge in [-0.3, -0.25) is 0 Å². The van der Waals surface area contributed by atoms with Crippen LogP contribution in [-0.2, 0) is 4.74 Å². The van der Waals surface area contributed by atoms with Crippen molar-refractivity contribution in [3.05, 3.63) is 0 Å². The van der Waals surface area contributed by atoms with E-state index >= 15 is 0 Å². The van der Waals surface area contributed by atoms with Crippen molar-refractivity contribution in [1.29, 1.82) is 0 Å². The van der Waals surface area contributed by atoms with Gasteiger partial charge in [-0.25, -0.2) is 4.79 Å². The molecule has 0 aromatic heterocycles. The van der Waals surface area contributed by atoms with Crippen LogP contribution in [0.1, 0.15) is 6.42 Å². The van der Waals surface area contributed by atoms with Gasteiger partial charge in [0.2, 0.25) is 0 Å². The van der Waals surface area contributed by atoms with Crippen LogP contribution in [0.2, 0.25) is 0 Å². The first-order chi connectivity index (χ1) is 7.65. The lowest BCUT2D eigenvalue weighted by molar-refractivity contribution is 0.0455. The van der Waals surface area contributed by atoms with E-state index in [1.807, 2.05) is 0 Å². The lowest BCUT2D eigenvalue weighted by Crippen LogP contribution is -2.47. The van der Waals surface area contributed by atoms with Crippen LogP contribution in [-0.4, -0.2) is 66.8 Å². The smallest absolute Gasteiger partial charge is 0.319 e. The predicted molar refractivity (Wildman–Crippen MR) is 58.4 cm³/mol. The molecular weight excluding hydrogens is 212 g/mol. The largest absolute Gasteiger partial charge is 0.409 e. The average Bonchev–Trinajstić information content (AvgIpc) is 2.35. The van der Waals surface area contributed by atoms with E-state index in [0.29, 0.717) is 39.3 Å². The third-order valence-electron chi connectivity index (χ3n) is 2.44. The van der Waals surface area contributed by atoms with Crippen LogP contribution >= 0.6 is 0 Å². The molecule has 7 heteroatoms. The molecule has 0 radical (unpaired) electrons. The highest BCUT2D eigenvalue weighted by Crippen LogP contribution is 2.02. The summed E-state index contributed by atoms with van der Waals surface area (Å²) in [5, 5.41) is 11.2. The first-order valence-electron chi connectivity index (χ1n) is 5.19. The average molecular weight is 230 g/mol. The van der Waals surface area contributed by atoms with E-state index in [4.69, 9.17) is 15.7 Å². The molecule has 1 aliphatic rings. The second-order valence-corrected chi connectivity index (χ2v) is 3.64. The summed E-state index contributed by atoms with van der Waals surface area (Å²) in [7, 11) is 1.70. The molecule has 0 aromatic carbocycles. The molecule has 2 amide bonds. The molecule has 3 N–H and O–H groups in total. The van der Waals surface area contributed by atoms with Crippen LogP contribution in [0, 0.1) is 0 Å². The number of hydrogen-bond acceptors (Lipinski definition) is 4. The van der Waals surface area contributed by atoms with Crippen molar-refractivity contribution in [1.82, 2.24) is 9.80 Å². The summed E-state index contributed by atoms with van der Waals surface area (Å²) in [5.74, 6) is 0.127. The number of carbonyl (C=O) groups excluding carboxylic acids is 1. The molecule has 0 atom stereocenters. The number of nitrogens with zero attached hydrogens (tertiary/aromatic N) is 3. The van der Waals surface area contributed by atoms with Gasteiger partial charge in [0.1, 0.15) is 5.84 Å². The number of carbonyl (C=O) groups is 1. The molecular formula is C9H18N4O3. The normalized spacial score (nSPS) is 17.3. The Bertz CT molecular complexity index is 263. The van der Waals surface area contributed by atoms with Crippen LogP contribution in [0.4, 0.5) is 4.79 Å². The number of amidine groups is 1. The summed E-state index contributed by atoms with van der Waals surface area (Å²) in [6.07, 6.45) is 0.364. The third-order valence-corrected chi connectivity index (χ3v) is 2.44. The number of rotatable bonds is 3. The van der Waals surface area contributed by atoms with Gasteiger partial charge in [-0.2, -0.15) is 0 Å². The monoisotopic (exact) mass is 230 g/mol. The molecule has 0 unspecified atom stereocenters. The first-order valence-corrected chi connectivity index (χ1v) is 5.19. The van der Waals surface area contributed by atoms with Gasteiger partial charge >= 0.3 is 6.03 Å². The maximum Gasteiger partial charge on any atom is 0.319 e. The highest BCUT2D eigenvalue weighted by atomic mass is 16.5. The second-order valence-electron chi connectivity index (χ2n) is 3.64. The molecule has 1 heterocycles. The Balaban J connectivity index is 2.34. The quantitative estimate of drug-likeness (QED) is 0.296. The van der Waals surface area contributed by atoms with Gasteiger partial charge in [-0.15, -0.1) is 0 Å². The van der Waals surface area contributed by atoms with Gasteiger partial charge in [-0.1, -0.05) is 5.16 Å². The molecule has 1 saturated heterocycles. The first kappa shape index (κ1) is 12.6. The van der Waals surface area contributed by atoms with E-state index in [1.54, 1.807) is 16.8 Å². The van der Waals surface area contributed by atoms with Crippen LogP contribution in [0.3, 0.4) is 0 Å². The van der Waals surface area contributed by atoms with Gasteiger partial charge in [-0.05, 0) is 0 Å². The number of morpholine rings is 1. The van der Waals surface area contributed by atoms with Crippen LogP contribution in [0.25, 0.3) is 0 Å². The van der Waals surface area contributed by atoms with Crippen molar-refractivity contribution in [2.75, 3.05) is 39.9 Å². The minimum absolute atomic E-state index is 0.0472. The summed E-state index contributed by atoms with van der Waals surface area (Å²) in [6.45, 7) is 2.84. The minimum atomic E-state index is -0.0472. The topological polar surface area (TPSA) is 91.4 Å². The fraction of sp³-hybridized carbons (Fsp3) is 0.778. The molecule has 0 bridgehead atoms. The van der Waals surface area contributed by atoms with Crippen LogP contribution < -0.4 is 5.73 Å². The zero-order valence-electron chi connectivity index (χ0n) is 9.43. The molecule has 1 fully saturated rings. The maximum absolute atomic E-state index is 11.9. The number of amides is 2. The molecule has 1 aliphatic heterocycles. The number of oxime groups is 1. The predicted octanol–water partition coefficient (Wildman–Crippen LogP) is -0.493. The highest BCUT2D eigenvalue weighted by molar-refractivity contribution is 5.80. The van der Waals surface area contributed by atoms with Gasteiger partial charge in [0.15, 0.2) is 0 Å². The Morgan fingerprint density at radius 2 is 2.19 bits per heavy atom. The Labute approximate surface area is 94.4 Å². The summed E-state index contributed by atoms with van der Waals surface area (Å²) in [5.41, 5.74) is 5.33. The standard InChI is InChI=1S/C9H18N4O3/c1-12(3-2-8(10)11-15)9(14)13-4-6-16-7-5-13/h15H,2-7H2,1H3,(H2,10,11). The van der Waals surface area contributed by atoms with E-state index in [9.17, 15) is 4.79 Å². The molecule has 0 saturated carbocycles. The second kappa shape index (κ2) is 6.16. The van der Waals surface area contributed by atoms with Crippen molar-refractivity contribution in [3.8, 4) is 0 Å². The molecule has 0 spiro atoms. The Morgan fingerprint density at radius 1 is 1.56 bits per heavy atom. The van der Waals surface area contributed by atoms with Gasteiger partial charge in [0, 0.05) is 33.1 Å². The van der Waals surface area contributed by atoms with E-state index in [1.165, 1.54) is 0 Å². The molecule has 7 nitrogen and oxygen atoms in total. The van der Waals surface area contributed by atoms with Crippen molar-refractivity contribution >= 4 is 11.9 Å². The SMILES string of the molecule is CN(CCC(N)=NO)C(=O)N1CCOCC1. The summed E-state index contributed by atoms with van der Waals surface area (Å²) in [6, 6.07) is -0.0472. The van der Waals surface area contributed by atoms with E-state index in [-0.39, 0.29) is 11.9 Å². The van der Waals surface area contributed by atoms with E-state index in [0.717, 1.165) is 0 Å². The summed E-state index contributed by atoms with van der Waals surface area (Å²) < 4.78 is 5.16. The van der Waals surface area contributed by atoms with Gasteiger partial charge in [0.25, 0.3) is 0 Å². The van der Waals surface area contributed by atoms with Gasteiger partial charge in [0.05, 0.1) is 13.2 Å². The number of nitrogens with two attached hydrogens (primary N) is 1. The zero-order chi connectivity index (χ0) is 12.0. The van der Waals surface area contributed by atoms with Crippen molar-refractivity contribution in [2.24, 2.45) is 10.9 Å². The molecule has 1 rings (SSSR count). The van der Waals surface area contributed by atoms with E-state index in [2.05, 4.69) is 5.16 Å². The molecule has 16 heavy (non-hydrogen) atoms. The number of urea groups is 1. The molecule has 0 aromatic rings. The van der Waals surface area contributed by atoms with Crippen LogP contribution in [0.15, 0.2) is 5.16 Å². The zero-order valence-corrected chi connectivity index (χ0v) is 9.43. The van der Waals surface area contributed by atoms with Gasteiger partial charge < -0.3 is 25.5 Å². The lowest BCUT2D eigenvalue weighted by atomic mass is 10.3. The van der Waals surface area contributed by atoms with Crippen molar-refractivity contribution in [3.63, 3.8) is 0 Å². The minimum Gasteiger partial charge on any atom is -0.409 e. The summed E-state index contributed by atoms with van der Waals surface area (Å²) >= 11 is 0. The van der Waals surface area contributed by atoms with E-state index < -0.39 is 0 Å². The van der Waals surface area contributed by atoms with Crippen LogP contribution in [0.5, 0.6) is 0 Å².